The van der Waals surface area contributed by atoms with Crippen LogP contribution in [0.4, 0.5) is 5.69 Å². The number of anilines is 1. The molecular formula is C17H18INO3. The van der Waals surface area contributed by atoms with Crippen molar-refractivity contribution in [3.05, 3.63) is 51.6 Å². The summed E-state index contributed by atoms with van der Waals surface area (Å²) < 4.78 is 12.0. The number of aryl methyl sites for hydroxylation is 1. The van der Waals surface area contributed by atoms with Crippen molar-refractivity contribution in [3.63, 3.8) is 0 Å². The molecule has 1 N–H and O–H groups in total. The van der Waals surface area contributed by atoms with Gasteiger partial charge in [0, 0.05) is 9.26 Å². The number of ether oxygens (including phenoxy) is 2. The van der Waals surface area contributed by atoms with Crippen molar-refractivity contribution in [3.8, 4) is 11.5 Å². The third kappa shape index (κ3) is 4.13. The van der Waals surface area contributed by atoms with E-state index in [0.29, 0.717) is 11.5 Å². The van der Waals surface area contributed by atoms with E-state index >= 15 is 0 Å². The van der Waals surface area contributed by atoms with E-state index in [-0.39, 0.29) is 5.91 Å². The normalized spacial score (nSPS) is 11.6. The minimum absolute atomic E-state index is 0.199. The van der Waals surface area contributed by atoms with Crippen molar-refractivity contribution in [1.29, 1.82) is 0 Å². The molecule has 0 radical (unpaired) electrons. The Morgan fingerprint density at radius 3 is 2.50 bits per heavy atom. The molecule has 0 spiro atoms. The molecule has 0 heterocycles. The van der Waals surface area contributed by atoms with Gasteiger partial charge in [0.25, 0.3) is 5.91 Å². The van der Waals surface area contributed by atoms with Crippen LogP contribution in [0.25, 0.3) is 0 Å². The molecule has 0 aliphatic rings. The number of benzene rings is 2. The van der Waals surface area contributed by atoms with Gasteiger partial charge in [0.05, 0.1) is 7.11 Å². The van der Waals surface area contributed by atoms with Crippen LogP contribution >= 0.6 is 22.6 Å². The minimum atomic E-state index is -0.630. The fraction of sp³-hybridized carbons (Fsp3) is 0.235. The Hall–Kier alpha value is -1.76. The van der Waals surface area contributed by atoms with Crippen LogP contribution in [0.3, 0.4) is 0 Å². The predicted molar refractivity (Wildman–Crippen MR) is 95.6 cm³/mol. The second-order valence-electron chi connectivity index (χ2n) is 4.86. The van der Waals surface area contributed by atoms with Crippen LogP contribution in [0.5, 0.6) is 11.5 Å². The molecule has 1 atom stereocenters. The zero-order valence-electron chi connectivity index (χ0n) is 12.7. The second kappa shape index (κ2) is 7.49. The molecule has 0 fully saturated rings. The molecule has 5 heteroatoms. The fourth-order valence-corrected chi connectivity index (χ4v) is 2.61. The van der Waals surface area contributed by atoms with Crippen molar-refractivity contribution >= 4 is 34.2 Å². The lowest BCUT2D eigenvalue weighted by Crippen LogP contribution is -2.30. The Balaban J connectivity index is 2.06. The molecule has 0 unspecified atom stereocenters. The van der Waals surface area contributed by atoms with Crippen LogP contribution in [-0.2, 0) is 4.79 Å². The van der Waals surface area contributed by atoms with Gasteiger partial charge in [0.2, 0.25) is 0 Å². The van der Waals surface area contributed by atoms with Crippen LogP contribution in [0, 0.1) is 10.5 Å². The molecular weight excluding hydrogens is 393 g/mol. The van der Waals surface area contributed by atoms with Gasteiger partial charge in [-0.05, 0) is 72.3 Å². The topological polar surface area (TPSA) is 47.6 Å². The highest BCUT2D eigenvalue weighted by atomic mass is 127. The Morgan fingerprint density at radius 1 is 1.18 bits per heavy atom. The van der Waals surface area contributed by atoms with Gasteiger partial charge in [-0.2, -0.15) is 0 Å². The largest absolute Gasteiger partial charge is 0.493 e. The highest BCUT2D eigenvalue weighted by Crippen LogP contribution is 2.27. The lowest BCUT2D eigenvalue weighted by atomic mass is 10.2. The number of amides is 1. The third-order valence-corrected chi connectivity index (χ3v) is 3.86. The molecule has 22 heavy (non-hydrogen) atoms. The van der Waals surface area contributed by atoms with E-state index in [1.54, 1.807) is 26.2 Å². The van der Waals surface area contributed by atoms with Crippen molar-refractivity contribution in [2.75, 3.05) is 12.4 Å². The van der Waals surface area contributed by atoms with Crippen LogP contribution < -0.4 is 14.8 Å². The molecule has 0 bridgehead atoms. The van der Waals surface area contributed by atoms with Crippen molar-refractivity contribution < 1.29 is 14.3 Å². The van der Waals surface area contributed by atoms with Gasteiger partial charge in [-0.25, -0.2) is 0 Å². The average molecular weight is 411 g/mol. The maximum absolute atomic E-state index is 12.3. The van der Waals surface area contributed by atoms with Gasteiger partial charge in [0.1, 0.15) is 0 Å². The number of rotatable bonds is 5. The monoisotopic (exact) mass is 411 g/mol. The Morgan fingerprint density at radius 2 is 1.86 bits per heavy atom. The number of para-hydroxylation sites is 2. The standard InChI is InChI=1S/C17H18INO3/c1-11-10-13(18)8-9-14(11)19-17(20)12(2)22-16-7-5-4-6-15(16)21-3/h4-10,12H,1-3H3,(H,19,20)/t12-/m1/s1. The summed E-state index contributed by atoms with van der Waals surface area (Å²) in [7, 11) is 1.57. The Labute approximate surface area is 144 Å². The molecule has 2 aromatic carbocycles. The maximum atomic E-state index is 12.3. The van der Waals surface area contributed by atoms with E-state index in [1.165, 1.54) is 0 Å². The molecule has 116 valence electrons. The molecule has 0 saturated carbocycles. The number of carbonyl (C=O) groups excluding carboxylic acids is 1. The zero-order valence-corrected chi connectivity index (χ0v) is 14.9. The summed E-state index contributed by atoms with van der Waals surface area (Å²) >= 11 is 2.24. The first kappa shape index (κ1) is 16.6. The van der Waals surface area contributed by atoms with E-state index in [1.807, 2.05) is 37.3 Å². The van der Waals surface area contributed by atoms with Crippen LogP contribution in [-0.4, -0.2) is 19.1 Å². The van der Waals surface area contributed by atoms with E-state index in [4.69, 9.17) is 9.47 Å². The number of halogens is 1. The Bertz CT molecular complexity index is 673. The number of carbonyl (C=O) groups is 1. The first-order chi connectivity index (χ1) is 10.5. The number of hydrogen-bond donors (Lipinski definition) is 1. The summed E-state index contributed by atoms with van der Waals surface area (Å²) in [5.41, 5.74) is 1.81. The van der Waals surface area contributed by atoms with Gasteiger partial charge < -0.3 is 14.8 Å². The van der Waals surface area contributed by atoms with E-state index in [9.17, 15) is 4.79 Å². The van der Waals surface area contributed by atoms with Gasteiger partial charge in [-0.3, -0.25) is 4.79 Å². The smallest absolute Gasteiger partial charge is 0.265 e. The molecule has 2 aromatic rings. The van der Waals surface area contributed by atoms with Gasteiger partial charge in [0.15, 0.2) is 17.6 Å². The van der Waals surface area contributed by atoms with Crippen molar-refractivity contribution in [2.24, 2.45) is 0 Å². The quantitative estimate of drug-likeness (QED) is 0.757. The molecule has 0 saturated heterocycles. The van der Waals surface area contributed by atoms with E-state index in [2.05, 4.69) is 27.9 Å². The minimum Gasteiger partial charge on any atom is -0.493 e. The number of nitrogens with one attached hydrogen (secondary N) is 1. The Kier molecular flexibility index (Phi) is 5.65. The molecule has 0 aliphatic carbocycles. The summed E-state index contributed by atoms with van der Waals surface area (Å²) in [5.74, 6) is 0.954. The summed E-state index contributed by atoms with van der Waals surface area (Å²) in [5, 5.41) is 2.89. The highest BCUT2D eigenvalue weighted by Gasteiger charge is 2.17. The van der Waals surface area contributed by atoms with Crippen LogP contribution in [0.2, 0.25) is 0 Å². The van der Waals surface area contributed by atoms with Gasteiger partial charge in [-0.15, -0.1) is 0 Å². The van der Waals surface area contributed by atoms with Gasteiger partial charge >= 0.3 is 0 Å². The van der Waals surface area contributed by atoms with E-state index in [0.717, 1.165) is 14.8 Å². The summed E-state index contributed by atoms with van der Waals surface area (Å²) in [6, 6.07) is 13.1. The summed E-state index contributed by atoms with van der Waals surface area (Å²) in [6.07, 6.45) is -0.630. The van der Waals surface area contributed by atoms with Crippen molar-refractivity contribution in [2.45, 2.75) is 20.0 Å². The first-order valence-electron chi connectivity index (χ1n) is 6.88. The highest BCUT2D eigenvalue weighted by molar-refractivity contribution is 14.1. The summed E-state index contributed by atoms with van der Waals surface area (Å²) in [6.45, 7) is 3.67. The fourth-order valence-electron chi connectivity index (χ4n) is 1.96. The molecule has 2 rings (SSSR count). The van der Waals surface area contributed by atoms with Crippen LogP contribution in [0.1, 0.15) is 12.5 Å². The molecule has 4 nitrogen and oxygen atoms in total. The van der Waals surface area contributed by atoms with Crippen LogP contribution in [0.15, 0.2) is 42.5 Å². The number of methoxy groups -OCH3 is 1. The lowest BCUT2D eigenvalue weighted by Gasteiger charge is -2.17. The third-order valence-electron chi connectivity index (χ3n) is 3.19. The molecule has 0 aromatic heterocycles. The number of hydrogen-bond acceptors (Lipinski definition) is 3. The maximum Gasteiger partial charge on any atom is 0.265 e. The van der Waals surface area contributed by atoms with Crippen molar-refractivity contribution in [1.82, 2.24) is 0 Å². The first-order valence-corrected chi connectivity index (χ1v) is 7.96. The zero-order chi connectivity index (χ0) is 16.1. The lowest BCUT2D eigenvalue weighted by molar-refractivity contribution is -0.122. The van der Waals surface area contributed by atoms with E-state index < -0.39 is 6.10 Å². The molecule has 1 amide bonds. The summed E-state index contributed by atoms with van der Waals surface area (Å²) in [4.78, 5) is 12.3. The average Bonchev–Trinajstić information content (AvgIpc) is 2.50. The second-order valence-corrected chi connectivity index (χ2v) is 6.11. The molecule has 0 aliphatic heterocycles. The SMILES string of the molecule is COc1ccccc1O[C@H](C)C(=O)Nc1ccc(I)cc1C. The predicted octanol–water partition coefficient (Wildman–Crippen LogP) is 4.01. The van der Waals surface area contributed by atoms with Gasteiger partial charge in [-0.1, -0.05) is 12.1 Å².